The van der Waals surface area contributed by atoms with Gasteiger partial charge in [0, 0.05) is 29.3 Å². The summed E-state index contributed by atoms with van der Waals surface area (Å²) in [5, 5.41) is 3.26. The van der Waals surface area contributed by atoms with Crippen molar-refractivity contribution in [2.24, 2.45) is 22.5 Å². The highest BCUT2D eigenvalue weighted by atomic mass is 16.1. The van der Waals surface area contributed by atoms with E-state index in [1.165, 1.54) is 32.1 Å². The third-order valence-electron chi connectivity index (χ3n) is 5.60. The first-order chi connectivity index (χ1) is 8.76. The van der Waals surface area contributed by atoms with Crippen molar-refractivity contribution < 1.29 is 4.79 Å². The van der Waals surface area contributed by atoms with Crippen molar-refractivity contribution in [1.29, 1.82) is 0 Å². The summed E-state index contributed by atoms with van der Waals surface area (Å²) in [6, 6.07) is 0.353. The van der Waals surface area contributed by atoms with Crippen LogP contribution in [0.25, 0.3) is 0 Å². The number of amides is 1. The van der Waals surface area contributed by atoms with Gasteiger partial charge in [0.15, 0.2) is 0 Å². The van der Waals surface area contributed by atoms with E-state index >= 15 is 0 Å². The predicted molar refractivity (Wildman–Crippen MR) is 78.7 cm³/mol. The quantitative estimate of drug-likeness (QED) is 0.825. The van der Waals surface area contributed by atoms with Gasteiger partial charge in [0.25, 0.3) is 0 Å². The number of hydrogen-bond acceptors (Lipinski definition) is 2. The van der Waals surface area contributed by atoms with Crippen LogP contribution in [0.5, 0.6) is 0 Å². The van der Waals surface area contributed by atoms with Gasteiger partial charge in [-0.05, 0) is 18.8 Å². The average molecular weight is 266 g/mol. The highest BCUT2D eigenvalue weighted by Gasteiger charge is 2.60. The van der Waals surface area contributed by atoms with E-state index in [0.717, 1.165) is 0 Å². The molecule has 0 atom stereocenters. The van der Waals surface area contributed by atoms with Gasteiger partial charge in [-0.1, -0.05) is 47.0 Å². The molecule has 19 heavy (non-hydrogen) atoms. The second-order valence-electron chi connectivity index (χ2n) is 7.83. The minimum Gasteiger partial charge on any atom is -0.352 e. The first-order valence-corrected chi connectivity index (χ1v) is 7.81. The lowest BCUT2D eigenvalue weighted by molar-refractivity contribution is -0.133. The molecule has 0 bridgehead atoms. The maximum atomic E-state index is 12.2. The zero-order valence-corrected chi connectivity index (χ0v) is 13.0. The molecule has 0 aromatic carbocycles. The van der Waals surface area contributed by atoms with Crippen molar-refractivity contribution in [2.45, 2.75) is 78.3 Å². The van der Waals surface area contributed by atoms with Crippen molar-refractivity contribution in [3.8, 4) is 0 Å². The fraction of sp³-hybridized carbons (Fsp3) is 0.938. The van der Waals surface area contributed by atoms with Crippen LogP contribution in [0.3, 0.4) is 0 Å². The summed E-state index contributed by atoms with van der Waals surface area (Å²) >= 11 is 0. The Bertz CT molecular complexity index is 327. The molecule has 2 fully saturated rings. The van der Waals surface area contributed by atoms with Crippen LogP contribution in [0.1, 0.15) is 66.2 Å². The van der Waals surface area contributed by atoms with E-state index in [1.807, 2.05) is 0 Å². The Hall–Kier alpha value is -0.570. The van der Waals surface area contributed by atoms with Crippen LogP contribution in [-0.2, 0) is 4.79 Å². The predicted octanol–water partition coefficient (Wildman–Crippen LogP) is 2.83. The lowest BCUT2D eigenvalue weighted by atomic mass is 9.48. The largest absolute Gasteiger partial charge is 0.352 e. The summed E-state index contributed by atoms with van der Waals surface area (Å²) in [5.74, 6) is 0.832. The Kier molecular flexibility index (Phi) is 3.97. The Morgan fingerprint density at radius 2 is 1.63 bits per heavy atom. The van der Waals surface area contributed by atoms with Crippen molar-refractivity contribution in [1.82, 2.24) is 5.32 Å². The standard InChI is InChI=1S/C16H30N2O/c1-15(2)13(17)16(3,4)14(15)18-12(19)10-11-8-6-5-7-9-11/h11,13-14H,5-10,17H2,1-4H3,(H,18,19). The van der Waals surface area contributed by atoms with Crippen LogP contribution in [0.2, 0.25) is 0 Å². The normalized spacial score (nSPS) is 33.5. The molecule has 2 aliphatic rings. The number of carbonyl (C=O) groups excluding carboxylic acids is 1. The molecule has 2 aliphatic carbocycles. The number of hydrogen-bond donors (Lipinski definition) is 2. The molecule has 3 nitrogen and oxygen atoms in total. The summed E-state index contributed by atoms with van der Waals surface area (Å²) in [6.07, 6.45) is 7.09. The second-order valence-corrected chi connectivity index (χ2v) is 7.83. The third-order valence-corrected chi connectivity index (χ3v) is 5.60. The number of rotatable bonds is 3. The molecule has 2 rings (SSSR count). The summed E-state index contributed by atoms with van der Waals surface area (Å²) in [6.45, 7) is 8.64. The zero-order valence-electron chi connectivity index (χ0n) is 13.0. The fourth-order valence-electron chi connectivity index (χ4n) is 4.43. The van der Waals surface area contributed by atoms with Crippen LogP contribution in [-0.4, -0.2) is 18.0 Å². The fourth-order valence-corrected chi connectivity index (χ4v) is 4.43. The van der Waals surface area contributed by atoms with Gasteiger partial charge in [0.05, 0.1) is 0 Å². The van der Waals surface area contributed by atoms with Gasteiger partial charge in [-0.3, -0.25) is 4.79 Å². The molecule has 0 aliphatic heterocycles. The molecule has 0 spiro atoms. The van der Waals surface area contributed by atoms with Gasteiger partial charge in [-0.2, -0.15) is 0 Å². The van der Waals surface area contributed by atoms with Crippen LogP contribution in [0.4, 0.5) is 0 Å². The van der Waals surface area contributed by atoms with Crippen molar-refractivity contribution >= 4 is 5.91 Å². The highest BCUT2D eigenvalue weighted by molar-refractivity contribution is 5.77. The van der Waals surface area contributed by atoms with Crippen molar-refractivity contribution in [2.75, 3.05) is 0 Å². The topological polar surface area (TPSA) is 55.1 Å². The van der Waals surface area contributed by atoms with Gasteiger partial charge in [0.2, 0.25) is 5.91 Å². The summed E-state index contributed by atoms with van der Waals surface area (Å²) in [7, 11) is 0. The minimum atomic E-state index is 0.00568. The van der Waals surface area contributed by atoms with Gasteiger partial charge < -0.3 is 11.1 Å². The average Bonchev–Trinajstić information content (AvgIpc) is 2.36. The second kappa shape index (κ2) is 5.08. The molecular formula is C16H30N2O. The number of nitrogens with one attached hydrogen (secondary N) is 1. The molecule has 0 saturated heterocycles. The molecular weight excluding hydrogens is 236 g/mol. The first kappa shape index (κ1) is 14.8. The molecule has 110 valence electrons. The Balaban J connectivity index is 1.88. The molecule has 1 amide bonds. The summed E-state index contributed by atoms with van der Waals surface area (Å²) < 4.78 is 0. The number of carbonyl (C=O) groups is 1. The minimum absolute atomic E-state index is 0.00568. The zero-order chi connectivity index (χ0) is 14.3. The van der Waals surface area contributed by atoms with Crippen molar-refractivity contribution in [3.05, 3.63) is 0 Å². The van der Waals surface area contributed by atoms with E-state index < -0.39 is 0 Å². The third kappa shape index (κ3) is 2.67. The SMILES string of the molecule is CC1(C)C(N)C(C)(C)C1NC(=O)CC1CCCCC1. The Labute approximate surface area is 117 Å². The molecule has 0 aromatic heterocycles. The van der Waals surface area contributed by atoms with Gasteiger partial charge >= 0.3 is 0 Å². The van der Waals surface area contributed by atoms with Crippen molar-refractivity contribution in [3.63, 3.8) is 0 Å². The number of nitrogens with two attached hydrogens (primary N) is 1. The van der Waals surface area contributed by atoms with E-state index in [9.17, 15) is 4.79 Å². The van der Waals surface area contributed by atoms with Crippen LogP contribution >= 0.6 is 0 Å². The molecule has 3 N–H and O–H groups in total. The van der Waals surface area contributed by atoms with E-state index in [1.54, 1.807) is 0 Å². The molecule has 0 radical (unpaired) electrons. The van der Waals surface area contributed by atoms with E-state index in [4.69, 9.17) is 5.73 Å². The monoisotopic (exact) mass is 266 g/mol. The molecule has 0 unspecified atom stereocenters. The lowest BCUT2D eigenvalue weighted by Gasteiger charge is -2.63. The van der Waals surface area contributed by atoms with Gasteiger partial charge in [-0.15, -0.1) is 0 Å². The van der Waals surface area contributed by atoms with Gasteiger partial charge in [0.1, 0.15) is 0 Å². The maximum absolute atomic E-state index is 12.2. The maximum Gasteiger partial charge on any atom is 0.220 e. The van der Waals surface area contributed by atoms with E-state index in [-0.39, 0.29) is 28.8 Å². The molecule has 2 saturated carbocycles. The smallest absolute Gasteiger partial charge is 0.220 e. The van der Waals surface area contributed by atoms with Gasteiger partial charge in [-0.25, -0.2) is 0 Å². The summed E-state index contributed by atoms with van der Waals surface area (Å²) in [4.78, 5) is 12.2. The lowest BCUT2D eigenvalue weighted by Crippen LogP contribution is -2.76. The first-order valence-electron chi connectivity index (χ1n) is 7.81. The van der Waals surface area contributed by atoms with Crippen LogP contribution in [0.15, 0.2) is 0 Å². The van der Waals surface area contributed by atoms with E-state index in [0.29, 0.717) is 12.3 Å². The van der Waals surface area contributed by atoms with Crippen LogP contribution < -0.4 is 11.1 Å². The highest BCUT2D eigenvalue weighted by Crippen LogP contribution is 2.52. The molecule has 0 aromatic rings. The van der Waals surface area contributed by atoms with E-state index in [2.05, 4.69) is 33.0 Å². The molecule has 3 heteroatoms. The Morgan fingerprint density at radius 1 is 1.11 bits per heavy atom. The van der Waals surface area contributed by atoms with Crippen LogP contribution in [0, 0.1) is 16.7 Å². The molecule has 0 heterocycles. The Morgan fingerprint density at radius 3 is 2.16 bits per heavy atom. The summed E-state index contributed by atoms with van der Waals surface area (Å²) in [5.41, 5.74) is 6.24.